The summed E-state index contributed by atoms with van der Waals surface area (Å²) in [6, 6.07) is 13.3. The van der Waals surface area contributed by atoms with Crippen LogP contribution >= 0.6 is 11.3 Å². The van der Waals surface area contributed by atoms with E-state index >= 15 is 0 Å². The molecule has 23 heavy (non-hydrogen) atoms. The molecule has 1 amide bonds. The number of fused-ring (bicyclic) bond motifs is 1. The van der Waals surface area contributed by atoms with Crippen LogP contribution in [0.3, 0.4) is 0 Å². The average Bonchev–Trinajstić information content (AvgIpc) is 3.22. The maximum absolute atomic E-state index is 12.3. The molecule has 0 aliphatic heterocycles. The lowest BCUT2D eigenvalue weighted by Crippen LogP contribution is -2.10. The molecule has 0 unspecified atom stereocenters. The van der Waals surface area contributed by atoms with E-state index in [2.05, 4.69) is 15.3 Å². The second kappa shape index (κ2) is 5.66. The first-order valence-corrected chi connectivity index (χ1v) is 7.91. The largest absolute Gasteiger partial charge is 0.321 e. The number of rotatable bonds is 3. The van der Waals surface area contributed by atoms with Gasteiger partial charge in [-0.25, -0.2) is 4.98 Å². The zero-order valence-electron chi connectivity index (χ0n) is 12.0. The lowest BCUT2D eigenvalue weighted by molar-refractivity contribution is 0.103. The van der Waals surface area contributed by atoms with Gasteiger partial charge in [-0.05, 0) is 30.3 Å². The molecule has 3 aromatic heterocycles. The average molecular weight is 320 g/mol. The van der Waals surface area contributed by atoms with Gasteiger partial charge in [0, 0.05) is 23.5 Å². The van der Waals surface area contributed by atoms with Crippen molar-refractivity contribution in [2.75, 3.05) is 5.32 Å². The molecule has 112 valence electrons. The topological polar surface area (TPSA) is 59.8 Å². The Labute approximate surface area is 136 Å². The summed E-state index contributed by atoms with van der Waals surface area (Å²) < 4.78 is 1.98. The predicted octanol–water partition coefficient (Wildman–Crippen LogP) is 3.73. The second-order valence-corrected chi connectivity index (χ2v) is 5.87. The predicted molar refractivity (Wildman–Crippen MR) is 91.1 cm³/mol. The number of carbonyl (C=O) groups excluding carboxylic acids is 1. The summed E-state index contributed by atoms with van der Waals surface area (Å²) in [5, 5.41) is 4.81. The fraction of sp³-hybridized carbons (Fsp3) is 0. The highest BCUT2D eigenvalue weighted by atomic mass is 32.1. The SMILES string of the molecule is O=C(Nc1ccncc1)c1cc(-n2cnc3ccccc32)cs1. The van der Waals surface area contributed by atoms with E-state index in [0.717, 1.165) is 22.4 Å². The minimum atomic E-state index is -0.128. The van der Waals surface area contributed by atoms with Gasteiger partial charge in [-0.15, -0.1) is 11.3 Å². The van der Waals surface area contributed by atoms with Crippen molar-refractivity contribution < 1.29 is 4.79 Å². The third-order valence-corrected chi connectivity index (χ3v) is 4.40. The number of thiophene rings is 1. The molecule has 5 nitrogen and oxygen atoms in total. The van der Waals surface area contributed by atoms with Crippen molar-refractivity contribution >= 4 is 34.0 Å². The number of carbonyl (C=O) groups is 1. The molecule has 0 atom stereocenters. The van der Waals surface area contributed by atoms with E-state index in [1.165, 1.54) is 11.3 Å². The van der Waals surface area contributed by atoms with Crippen LogP contribution in [0, 0.1) is 0 Å². The van der Waals surface area contributed by atoms with Crippen LogP contribution in [0.25, 0.3) is 16.7 Å². The quantitative estimate of drug-likeness (QED) is 0.625. The van der Waals surface area contributed by atoms with Crippen LogP contribution < -0.4 is 5.32 Å². The molecular formula is C17H12N4OS. The molecule has 1 N–H and O–H groups in total. The van der Waals surface area contributed by atoms with Gasteiger partial charge in [-0.1, -0.05) is 12.1 Å². The summed E-state index contributed by atoms with van der Waals surface area (Å²) in [7, 11) is 0. The fourth-order valence-corrected chi connectivity index (χ4v) is 3.14. The molecule has 0 bridgehead atoms. The molecule has 0 aliphatic rings. The van der Waals surface area contributed by atoms with Gasteiger partial charge in [0.25, 0.3) is 5.91 Å². The van der Waals surface area contributed by atoms with Crippen LogP contribution in [0.15, 0.2) is 66.6 Å². The number of benzene rings is 1. The highest BCUT2D eigenvalue weighted by Gasteiger charge is 2.12. The molecule has 1 aromatic carbocycles. The minimum absolute atomic E-state index is 0.128. The van der Waals surface area contributed by atoms with Gasteiger partial charge in [-0.3, -0.25) is 14.3 Å². The van der Waals surface area contributed by atoms with E-state index in [9.17, 15) is 4.79 Å². The van der Waals surface area contributed by atoms with Crippen LogP contribution in [0.5, 0.6) is 0 Å². The van der Waals surface area contributed by atoms with Crippen LogP contribution in [0.2, 0.25) is 0 Å². The number of para-hydroxylation sites is 2. The molecule has 4 aromatic rings. The summed E-state index contributed by atoms with van der Waals surface area (Å²) in [6.07, 6.45) is 5.07. The van der Waals surface area contributed by atoms with Gasteiger partial charge in [-0.2, -0.15) is 0 Å². The summed E-state index contributed by atoms with van der Waals surface area (Å²) in [4.78, 5) is 21.3. The van der Waals surface area contributed by atoms with Crippen molar-refractivity contribution in [2.24, 2.45) is 0 Å². The summed E-state index contributed by atoms with van der Waals surface area (Å²) in [5.74, 6) is -0.128. The molecule has 0 saturated heterocycles. The van der Waals surface area contributed by atoms with Gasteiger partial charge in [0.1, 0.15) is 6.33 Å². The number of pyridine rings is 1. The highest BCUT2D eigenvalue weighted by Crippen LogP contribution is 2.23. The van der Waals surface area contributed by atoms with Crippen molar-refractivity contribution in [1.82, 2.24) is 14.5 Å². The van der Waals surface area contributed by atoms with E-state index in [1.807, 2.05) is 40.3 Å². The fourth-order valence-electron chi connectivity index (χ4n) is 2.36. The molecular weight excluding hydrogens is 308 g/mol. The number of hydrogen-bond acceptors (Lipinski definition) is 4. The van der Waals surface area contributed by atoms with Gasteiger partial charge in [0.05, 0.1) is 21.6 Å². The number of aromatic nitrogens is 3. The molecule has 0 spiro atoms. The van der Waals surface area contributed by atoms with Crippen molar-refractivity contribution in [1.29, 1.82) is 0 Å². The first kappa shape index (κ1) is 13.7. The number of nitrogens with zero attached hydrogens (tertiary/aromatic N) is 3. The van der Waals surface area contributed by atoms with Gasteiger partial charge < -0.3 is 5.32 Å². The lowest BCUT2D eigenvalue weighted by Gasteiger charge is -2.02. The van der Waals surface area contributed by atoms with E-state index in [-0.39, 0.29) is 5.91 Å². The Balaban J connectivity index is 1.63. The van der Waals surface area contributed by atoms with Gasteiger partial charge in [0.2, 0.25) is 0 Å². The minimum Gasteiger partial charge on any atom is -0.321 e. The van der Waals surface area contributed by atoms with Crippen molar-refractivity contribution in [3.05, 3.63) is 71.4 Å². The lowest BCUT2D eigenvalue weighted by atomic mass is 10.3. The van der Waals surface area contributed by atoms with Crippen LogP contribution in [-0.4, -0.2) is 20.4 Å². The van der Waals surface area contributed by atoms with Crippen molar-refractivity contribution in [2.45, 2.75) is 0 Å². The highest BCUT2D eigenvalue weighted by molar-refractivity contribution is 7.12. The number of anilines is 1. The zero-order chi connectivity index (χ0) is 15.6. The molecule has 4 rings (SSSR count). The first-order chi connectivity index (χ1) is 11.3. The molecule has 0 radical (unpaired) electrons. The number of amides is 1. The Bertz CT molecular complexity index is 974. The third-order valence-electron chi connectivity index (χ3n) is 3.48. The zero-order valence-corrected chi connectivity index (χ0v) is 12.8. The van der Waals surface area contributed by atoms with E-state index < -0.39 is 0 Å². The van der Waals surface area contributed by atoms with Crippen molar-refractivity contribution in [3.63, 3.8) is 0 Å². The number of imidazole rings is 1. The molecule has 6 heteroatoms. The third kappa shape index (κ3) is 2.60. The molecule has 0 fully saturated rings. The van der Waals surface area contributed by atoms with Crippen LogP contribution in [0.4, 0.5) is 5.69 Å². The first-order valence-electron chi connectivity index (χ1n) is 7.03. The Morgan fingerprint density at radius 2 is 1.96 bits per heavy atom. The van der Waals surface area contributed by atoms with Crippen molar-refractivity contribution in [3.8, 4) is 5.69 Å². The summed E-state index contributed by atoms with van der Waals surface area (Å²) >= 11 is 1.41. The number of nitrogens with one attached hydrogen (secondary N) is 1. The van der Waals surface area contributed by atoms with E-state index in [0.29, 0.717) is 4.88 Å². The maximum Gasteiger partial charge on any atom is 0.265 e. The summed E-state index contributed by atoms with van der Waals surface area (Å²) in [6.45, 7) is 0. The smallest absolute Gasteiger partial charge is 0.265 e. The normalized spacial score (nSPS) is 10.8. The van der Waals surface area contributed by atoms with E-state index in [4.69, 9.17) is 0 Å². The number of hydrogen-bond donors (Lipinski definition) is 1. The Hall–Kier alpha value is -2.99. The molecule has 0 aliphatic carbocycles. The van der Waals surface area contributed by atoms with Gasteiger partial charge in [0.15, 0.2) is 0 Å². The Kier molecular flexibility index (Phi) is 3.36. The standard InChI is InChI=1S/C17H12N4OS/c22-17(20-12-5-7-18-8-6-12)16-9-13(10-23-16)21-11-19-14-3-1-2-4-15(14)21/h1-11H,(H,18,20,22). The summed E-state index contributed by atoms with van der Waals surface area (Å²) in [5.41, 5.74) is 3.62. The van der Waals surface area contributed by atoms with Gasteiger partial charge >= 0.3 is 0 Å². The maximum atomic E-state index is 12.3. The molecule has 0 saturated carbocycles. The monoisotopic (exact) mass is 320 g/mol. The Morgan fingerprint density at radius 3 is 2.83 bits per heavy atom. The molecule has 3 heterocycles. The second-order valence-electron chi connectivity index (χ2n) is 4.96. The Morgan fingerprint density at radius 1 is 1.13 bits per heavy atom. The van der Waals surface area contributed by atoms with Crippen LogP contribution in [-0.2, 0) is 0 Å². The van der Waals surface area contributed by atoms with Crippen LogP contribution in [0.1, 0.15) is 9.67 Å². The van der Waals surface area contributed by atoms with E-state index in [1.54, 1.807) is 30.9 Å².